The number of thioether (sulfide) groups is 1. The highest BCUT2D eigenvalue weighted by molar-refractivity contribution is 8.00. The summed E-state index contributed by atoms with van der Waals surface area (Å²) in [5.41, 5.74) is 7.58. The molecule has 1 atom stereocenters. The first-order valence-corrected chi connectivity index (χ1v) is 11.2. The first-order valence-electron chi connectivity index (χ1n) is 8.66. The molecule has 0 fully saturated rings. The molecule has 1 aliphatic rings. The van der Waals surface area contributed by atoms with Crippen molar-refractivity contribution < 1.29 is 4.79 Å². The lowest BCUT2D eigenvalue weighted by atomic mass is 9.97. The van der Waals surface area contributed by atoms with Gasteiger partial charge in [-0.15, -0.1) is 22.7 Å². The van der Waals surface area contributed by atoms with Crippen molar-refractivity contribution in [2.24, 2.45) is 0 Å². The third-order valence-electron chi connectivity index (χ3n) is 4.49. The monoisotopic (exact) mass is 404 g/mol. The molecule has 3 aromatic heterocycles. The van der Waals surface area contributed by atoms with Gasteiger partial charge in [0.25, 0.3) is 0 Å². The van der Waals surface area contributed by atoms with E-state index in [-0.39, 0.29) is 11.2 Å². The topological polar surface area (TPSA) is 80.9 Å². The summed E-state index contributed by atoms with van der Waals surface area (Å²) in [6, 6.07) is 4.00. The summed E-state index contributed by atoms with van der Waals surface area (Å²) in [6.07, 6.45) is 4.61. The number of carbonyl (C=O) groups excluding carboxylic acids is 1. The lowest BCUT2D eigenvalue weighted by Gasteiger charge is -2.12. The van der Waals surface area contributed by atoms with E-state index >= 15 is 0 Å². The van der Waals surface area contributed by atoms with Crippen LogP contribution in [0.4, 0.5) is 5.82 Å². The minimum atomic E-state index is -0.276. The number of anilines is 1. The minimum absolute atomic E-state index is 0.0175. The maximum atomic E-state index is 12.3. The molecule has 1 amide bonds. The van der Waals surface area contributed by atoms with Crippen molar-refractivity contribution in [2.75, 3.05) is 5.73 Å². The Morgan fingerprint density at radius 2 is 2.23 bits per heavy atom. The molecule has 0 aromatic carbocycles. The highest BCUT2D eigenvalue weighted by Crippen LogP contribution is 2.38. The third-order valence-corrected chi connectivity index (χ3v) is 7.51. The number of rotatable bonds is 5. The molecule has 3 N–H and O–H groups in total. The SMILES string of the molecule is CC(Sc1nc(N)c2c3c(sc2n1)CCCC3)C(=O)NCc1cccs1. The second-order valence-corrected chi connectivity index (χ2v) is 9.76. The Bertz CT molecular complexity index is 936. The van der Waals surface area contributed by atoms with Gasteiger partial charge in [0.15, 0.2) is 5.16 Å². The van der Waals surface area contributed by atoms with Gasteiger partial charge < -0.3 is 11.1 Å². The van der Waals surface area contributed by atoms with E-state index in [0.29, 0.717) is 17.5 Å². The van der Waals surface area contributed by atoms with Crippen LogP contribution in [-0.4, -0.2) is 21.1 Å². The number of nitrogens with two attached hydrogens (primary N) is 1. The van der Waals surface area contributed by atoms with Crippen LogP contribution in [0.5, 0.6) is 0 Å². The maximum Gasteiger partial charge on any atom is 0.233 e. The molecular formula is C18H20N4OS3. The van der Waals surface area contributed by atoms with Crippen molar-refractivity contribution in [2.45, 2.75) is 49.6 Å². The summed E-state index contributed by atoms with van der Waals surface area (Å²) < 4.78 is 0. The molecule has 0 saturated heterocycles. The van der Waals surface area contributed by atoms with E-state index in [1.54, 1.807) is 22.7 Å². The molecule has 26 heavy (non-hydrogen) atoms. The van der Waals surface area contributed by atoms with Crippen LogP contribution in [-0.2, 0) is 24.2 Å². The summed E-state index contributed by atoms with van der Waals surface area (Å²) in [5.74, 6) is 0.527. The fourth-order valence-electron chi connectivity index (χ4n) is 3.16. The van der Waals surface area contributed by atoms with Crippen molar-refractivity contribution in [3.63, 3.8) is 0 Å². The number of nitrogen functional groups attached to an aromatic ring is 1. The number of carbonyl (C=O) groups is 1. The summed E-state index contributed by atoms with van der Waals surface area (Å²) in [4.78, 5) is 25.0. The lowest BCUT2D eigenvalue weighted by Crippen LogP contribution is -2.30. The van der Waals surface area contributed by atoms with Gasteiger partial charge in [0.1, 0.15) is 10.6 Å². The van der Waals surface area contributed by atoms with Crippen molar-refractivity contribution in [3.8, 4) is 0 Å². The predicted molar refractivity (Wildman–Crippen MR) is 110 cm³/mol. The largest absolute Gasteiger partial charge is 0.383 e. The van der Waals surface area contributed by atoms with Gasteiger partial charge in [0.2, 0.25) is 5.91 Å². The Kier molecular flexibility index (Phi) is 5.15. The number of thiophene rings is 2. The van der Waals surface area contributed by atoms with E-state index in [2.05, 4.69) is 15.3 Å². The summed E-state index contributed by atoms with van der Waals surface area (Å²) in [5, 5.41) is 6.30. The number of aryl methyl sites for hydroxylation is 2. The van der Waals surface area contributed by atoms with Crippen LogP contribution < -0.4 is 11.1 Å². The Hall–Kier alpha value is -1.64. The van der Waals surface area contributed by atoms with E-state index in [1.807, 2.05) is 24.4 Å². The van der Waals surface area contributed by atoms with E-state index in [1.165, 1.54) is 35.0 Å². The van der Waals surface area contributed by atoms with Gasteiger partial charge in [-0.25, -0.2) is 9.97 Å². The van der Waals surface area contributed by atoms with Gasteiger partial charge in [0.05, 0.1) is 17.2 Å². The first-order chi connectivity index (χ1) is 12.6. The molecule has 1 unspecified atom stereocenters. The third kappa shape index (κ3) is 3.58. The number of nitrogens with zero attached hydrogens (tertiary/aromatic N) is 2. The van der Waals surface area contributed by atoms with Crippen LogP contribution in [0, 0.1) is 0 Å². The number of nitrogens with one attached hydrogen (secondary N) is 1. The molecule has 0 radical (unpaired) electrons. The van der Waals surface area contributed by atoms with Crippen LogP contribution in [0.1, 0.15) is 35.1 Å². The average molecular weight is 405 g/mol. The number of fused-ring (bicyclic) bond motifs is 3. The molecular weight excluding hydrogens is 384 g/mol. The van der Waals surface area contributed by atoms with Gasteiger partial charge in [-0.2, -0.15) is 0 Å². The summed E-state index contributed by atoms with van der Waals surface area (Å²) >= 11 is 4.72. The molecule has 3 aromatic rings. The molecule has 0 aliphatic heterocycles. The molecule has 0 spiro atoms. The van der Waals surface area contributed by atoms with Crippen molar-refractivity contribution in [1.82, 2.24) is 15.3 Å². The second-order valence-electron chi connectivity index (χ2n) is 6.34. The molecule has 8 heteroatoms. The zero-order valence-corrected chi connectivity index (χ0v) is 16.9. The first kappa shape index (κ1) is 17.8. The van der Waals surface area contributed by atoms with Gasteiger partial charge in [-0.3, -0.25) is 4.79 Å². The van der Waals surface area contributed by atoms with Gasteiger partial charge in [0, 0.05) is 9.75 Å². The van der Waals surface area contributed by atoms with Crippen molar-refractivity contribution in [1.29, 1.82) is 0 Å². The number of amides is 1. The van der Waals surface area contributed by atoms with Crippen molar-refractivity contribution >= 4 is 56.4 Å². The highest BCUT2D eigenvalue weighted by atomic mass is 32.2. The molecule has 4 rings (SSSR count). The minimum Gasteiger partial charge on any atom is -0.383 e. The summed E-state index contributed by atoms with van der Waals surface area (Å²) in [7, 11) is 0. The molecule has 0 saturated carbocycles. The van der Waals surface area contributed by atoms with Crippen LogP contribution in [0.15, 0.2) is 22.7 Å². The van der Waals surface area contributed by atoms with Crippen LogP contribution in [0.25, 0.3) is 10.2 Å². The number of hydrogen-bond acceptors (Lipinski definition) is 7. The van der Waals surface area contributed by atoms with Crippen molar-refractivity contribution in [3.05, 3.63) is 32.8 Å². The fourth-order valence-corrected chi connectivity index (χ4v) is 5.93. The van der Waals surface area contributed by atoms with E-state index in [9.17, 15) is 4.79 Å². The average Bonchev–Trinajstić information content (AvgIpc) is 3.26. The highest BCUT2D eigenvalue weighted by Gasteiger charge is 2.22. The van der Waals surface area contributed by atoms with Gasteiger partial charge in [-0.1, -0.05) is 17.8 Å². The summed E-state index contributed by atoms with van der Waals surface area (Å²) in [6.45, 7) is 2.43. The lowest BCUT2D eigenvalue weighted by molar-refractivity contribution is -0.120. The number of hydrogen-bond donors (Lipinski definition) is 2. The number of aromatic nitrogens is 2. The van der Waals surface area contributed by atoms with Crippen LogP contribution in [0.2, 0.25) is 0 Å². The Morgan fingerprint density at radius 3 is 3.04 bits per heavy atom. The van der Waals surface area contributed by atoms with Crippen LogP contribution >= 0.6 is 34.4 Å². The zero-order valence-electron chi connectivity index (χ0n) is 14.4. The Labute approximate surface area is 164 Å². The zero-order chi connectivity index (χ0) is 18.1. The second kappa shape index (κ2) is 7.54. The Morgan fingerprint density at radius 1 is 1.38 bits per heavy atom. The Balaban J connectivity index is 1.48. The predicted octanol–water partition coefficient (Wildman–Crippen LogP) is 4.01. The molecule has 1 aliphatic carbocycles. The maximum absolute atomic E-state index is 12.3. The van der Waals surface area contributed by atoms with Crippen LogP contribution in [0.3, 0.4) is 0 Å². The fraction of sp³-hybridized carbons (Fsp3) is 0.389. The smallest absolute Gasteiger partial charge is 0.233 e. The van der Waals surface area contributed by atoms with E-state index < -0.39 is 0 Å². The standard InChI is InChI=1S/C18H20N4OS3/c1-10(16(23)20-9-11-5-4-8-24-11)25-18-21-15(19)14-12-6-2-3-7-13(12)26-17(14)22-18/h4-5,8,10H,2-3,6-7,9H2,1H3,(H,20,23)(H2,19,21,22). The molecule has 3 heterocycles. The normalized spacial score (nSPS) is 15.0. The molecule has 136 valence electrons. The molecule has 5 nitrogen and oxygen atoms in total. The quantitative estimate of drug-likeness (QED) is 0.496. The van der Waals surface area contributed by atoms with E-state index in [4.69, 9.17) is 5.73 Å². The molecule has 0 bridgehead atoms. The van der Waals surface area contributed by atoms with Gasteiger partial charge in [-0.05, 0) is 49.6 Å². The van der Waals surface area contributed by atoms with E-state index in [0.717, 1.165) is 27.9 Å². The van der Waals surface area contributed by atoms with Gasteiger partial charge >= 0.3 is 0 Å².